The summed E-state index contributed by atoms with van der Waals surface area (Å²) < 4.78 is 1.79. The number of rotatable bonds is 17. The summed E-state index contributed by atoms with van der Waals surface area (Å²) in [5.74, 6) is 1.53. The molecular weight excluding hydrogens is 574 g/mol. The zero-order valence-corrected chi connectivity index (χ0v) is 26.7. The van der Waals surface area contributed by atoms with Crippen LogP contribution in [0.1, 0.15) is 65.7 Å². The van der Waals surface area contributed by atoms with E-state index in [-0.39, 0.29) is 17.6 Å². The van der Waals surface area contributed by atoms with Gasteiger partial charge in [-0.1, -0.05) is 29.7 Å². The van der Waals surface area contributed by atoms with Crippen molar-refractivity contribution in [1.29, 1.82) is 0 Å². The second-order valence-electron chi connectivity index (χ2n) is 10.5. The molecule has 1 amide bonds. The third kappa shape index (κ3) is 9.91. The van der Waals surface area contributed by atoms with Crippen LogP contribution in [0.5, 0.6) is 0 Å². The highest BCUT2D eigenvalue weighted by Gasteiger charge is 2.20. The van der Waals surface area contributed by atoms with E-state index in [9.17, 15) is 14.4 Å². The fourth-order valence-corrected chi connectivity index (χ4v) is 5.70. The lowest BCUT2D eigenvalue weighted by Crippen LogP contribution is -2.39. The number of fused-ring (bicyclic) bond motifs is 1. The number of aromatic nitrogens is 1. The third-order valence-electron chi connectivity index (χ3n) is 7.31. The number of carbonyl (C=O) groups excluding carboxylic acids is 3. The second kappa shape index (κ2) is 17.0. The van der Waals surface area contributed by atoms with Crippen LogP contribution < -0.4 is 5.32 Å². The lowest BCUT2D eigenvalue weighted by Gasteiger charge is -2.20. The summed E-state index contributed by atoms with van der Waals surface area (Å²) in [5.41, 5.74) is 4.66. The van der Waals surface area contributed by atoms with Crippen molar-refractivity contribution in [3.8, 4) is 0 Å². The Morgan fingerprint density at radius 1 is 0.902 bits per heavy atom. The molecule has 0 radical (unpaired) electrons. The number of ketones is 1. The molecule has 0 saturated heterocycles. The van der Waals surface area contributed by atoms with E-state index in [1.807, 2.05) is 19.1 Å². The smallest absolute Gasteiger partial charge is 0.262 e. The van der Waals surface area contributed by atoms with E-state index < -0.39 is 0 Å². The average molecular weight is 616 g/mol. The minimum absolute atomic E-state index is 0.0128. The number of hydrogen-bond acceptors (Lipinski definition) is 6. The Morgan fingerprint density at radius 2 is 1.63 bits per heavy atom. The van der Waals surface area contributed by atoms with E-state index in [1.54, 1.807) is 28.8 Å². The standard InChI is InChI=1S/C32H42ClN3O3S2/c1-23-10-15-30-29(21-23)28(24(2)36(30)32(39)25-11-13-26(33)14-12-25)9-6-8-27(37)7-4-3-5-17-35(18-20-41)22-31(38)34-16-19-40/h10-15,21,40-41H,3-9,16-20,22H2,1-2H3,(H,34,38). The number of Topliss-reactive ketones (excluding diaryl/α,β-unsaturated/α-hetero) is 1. The molecule has 3 rings (SSSR count). The molecule has 6 nitrogen and oxygen atoms in total. The van der Waals surface area contributed by atoms with Gasteiger partial charge in [-0.25, -0.2) is 0 Å². The van der Waals surface area contributed by atoms with E-state index in [4.69, 9.17) is 11.6 Å². The number of nitrogens with one attached hydrogen (secondary N) is 1. The predicted octanol–water partition coefficient (Wildman–Crippen LogP) is 6.33. The molecule has 0 aliphatic rings. The maximum absolute atomic E-state index is 13.5. The zero-order valence-electron chi connectivity index (χ0n) is 24.1. The highest BCUT2D eigenvalue weighted by atomic mass is 35.5. The van der Waals surface area contributed by atoms with Crippen molar-refractivity contribution in [1.82, 2.24) is 14.8 Å². The molecule has 9 heteroatoms. The van der Waals surface area contributed by atoms with Crippen molar-refractivity contribution in [3.05, 3.63) is 69.9 Å². The van der Waals surface area contributed by atoms with Gasteiger partial charge in [-0.2, -0.15) is 25.3 Å². The fraction of sp³-hybridized carbons (Fsp3) is 0.469. The van der Waals surface area contributed by atoms with Crippen molar-refractivity contribution >= 4 is 65.4 Å². The largest absolute Gasteiger partial charge is 0.354 e. The molecule has 0 aliphatic heterocycles. The SMILES string of the molecule is Cc1ccc2c(c1)c(CCCC(=O)CCCCCN(CCS)CC(=O)NCCS)c(C)n2C(=O)c1ccc(Cl)cc1. The van der Waals surface area contributed by atoms with Gasteiger partial charge in [-0.15, -0.1) is 0 Å². The van der Waals surface area contributed by atoms with Crippen LogP contribution in [0.2, 0.25) is 5.02 Å². The summed E-state index contributed by atoms with van der Waals surface area (Å²) in [6.07, 6.45) is 5.34. The molecule has 0 unspecified atom stereocenters. The van der Waals surface area contributed by atoms with E-state index in [0.29, 0.717) is 48.0 Å². The lowest BCUT2D eigenvalue weighted by molar-refractivity contribution is -0.122. The Balaban J connectivity index is 1.51. The fourth-order valence-electron chi connectivity index (χ4n) is 5.18. The number of thiol groups is 2. The molecule has 2 aromatic carbocycles. The lowest BCUT2D eigenvalue weighted by atomic mass is 10.0. The van der Waals surface area contributed by atoms with Crippen LogP contribution in [0.4, 0.5) is 0 Å². The van der Waals surface area contributed by atoms with Crippen molar-refractivity contribution in [2.75, 3.05) is 37.7 Å². The van der Waals surface area contributed by atoms with E-state index in [0.717, 1.165) is 72.9 Å². The normalized spacial score (nSPS) is 11.4. The molecule has 0 atom stereocenters. The first-order valence-corrected chi connectivity index (χ1v) is 16.0. The molecule has 41 heavy (non-hydrogen) atoms. The van der Waals surface area contributed by atoms with Crippen molar-refractivity contribution in [2.45, 2.75) is 58.8 Å². The summed E-state index contributed by atoms with van der Waals surface area (Å²) in [6.45, 7) is 6.56. The molecule has 0 saturated carbocycles. The highest BCUT2D eigenvalue weighted by molar-refractivity contribution is 7.80. The monoisotopic (exact) mass is 615 g/mol. The number of halogens is 1. The van der Waals surface area contributed by atoms with Gasteiger partial charge >= 0.3 is 0 Å². The number of benzene rings is 2. The number of hydrogen-bond donors (Lipinski definition) is 3. The third-order valence-corrected chi connectivity index (χ3v) is 7.99. The maximum Gasteiger partial charge on any atom is 0.262 e. The molecule has 0 bridgehead atoms. The number of unbranched alkanes of at least 4 members (excludes halogenated alkanes) is 2. The van der Waals surface area contributed by atoms with Crippen molar-refractivity contribution < 1.29 is 14.4 Å². The van der Waals surface area contributed by atoms with Gasteiger partial charge in [-0.3, -0.25) is 23.9 Å². The Bertz CT molecular complexity index is 1320. The van der Waals surface area contributed by atoms with Gasteiger partial charge in [0, 0.05) is 59.1 Å². The number of aryl methyl sites for hydroxylation is 2. The van der Waals surface area contributed by atoms with Crippen LogP contribution in [0.3, 0.4) is 0 Å². The van der Waals surface area contributed by atoms with Gasteiger partial charge in [0.05, 0.1) is 12.1 Å². The number of nitrogens with zero attached hydrogens (tertiary/aromatic N) is 2. The van der Waals surface area contributed by atoms with Crippen LogP contribution in [0.25, 0.3) is 10.9 Å². The van der Waals surface area contributed by atoms with Gasteiger partial charge in [0.25, 0.3) is 5.91 Å². The topological polar surface area (TPSA) is 71.4 Å². The Kier molecular flexibility index (Phi) is 13.8. The minimum atomic E-state index is -0.0819. The van der Waals surface area contributed by atoms with Gasteiger partial charge in [-0.05, 0) is 88.0 Å². The predicted molar refractivity (Wildman–Crippen MR) is 176 cm³/mol. The first kappa shape index (κ1) is 33.2. The van der Waals surface area contributed by atoms with E-state index in [1.165, 1.54) is 0 Å². The molecule has 1 aromatic heterocycles. The van der Waals surface area contributed by atoms with Gasteiger partial charge in [0.2, 0.25) is 5.91 Å². The first-order valence-electron chi connectivity index (χ1n) is 14.4. The summed E-state index contributed by atoms with van der Waals surface area (Å²) in [6, 6.07) is 13.1. The van der Waals surface area contributed by atoms with Gasteiger partial charge in [0.15, 0.2) is 0 Å². The Morgan fingerprint density at radius 3 is 2.34 bits per heavy atom. The molecule has 0 spiro atoms. The average Bonchev–Trinajstić information content (AvgIpc) is 3.21. The quantitative estimate of drug-likeness (QED) is 0.123. The summed E-state index contributed by atoms with van der Waals surface area (Å²) in [7, 11) is 0. The van der Waals surface area contributed by atoms with Crippen LogP contribution in [-0.4, -0.2) is 64.7 Å². The van der Waals surface area contributed by atoms with Gasteiger partial charge in [0.1, 0.15) is 5.78 Å². The van der Waals surface area contributed by atoms with Crippen molar-refractivity contribution in [2.24, 2.45) is 0 Å². The molecule has 3 aromatic rings. The molecule has 1 heterocycles. The van der Waals surface area contributed by atoms with Crippen LogP contribution >= 0.6 is 36.9 Å². The van der Waals surface area contributed by atoms with Crippen molar-refractivity contribution in [3.63, 3.8) is 0 Å². The minimum Gasteiger partial charge on any atom is -0.354 e. The molecule has 0 aliphatic carbocycles. The van der Waals surface area contributed by atoms with Gasteiger partial charge < -0.3 is 5.32 Å². The van der Waals surface area contributed by atoms with Crippen LogP contribution in [0, 0.1) is 13.8 Å². The highest BCUT2D eigenvalue weighted by Crippen LogP contribution is 2.29. The summed E-state index contributed by atoms with van der Waals surface area (Å²) >= 11 is 14.5. The Hall–Kier alpha value is -2.26. The Labute approximate surface area is 260 Å². The maximum atomic E-state index is 13.5. The number of carbonyl (C=O) groups is 3. The first-order chi connectivity index (χ1) is 19.7. The van der Waals surface area contributed by atoms with Crippen LogP contribution in [-0.2, 0) is 16.0 Å². The van der Waals surface area contributed by atoms with Crippen LogP contribution in [0.15, 0.2) is 42.5 Å². The van der Waals surface area contributed by atoms with E-state index >= 15 is 0 Å². The van der Waals surface area contributed by atoms with E-state index in [2.05, 4.69) is 48.5 Å². The zero-order chi connectivity index (χ0) is 29.8. The molecular formula is C32H42ClN3O3S2. The molecule has 0 fully saturated rings. The summed E-state index contributed by atoms with van der Waals surface area (Å²) in [5, 5.41) is 4.52. The molecule has 1 N–H and O–H groups in total. The summed E-state index contributed by atoms with van der Waals surface area (Å²) in [4.78, 5) is 40.2. The second-order valence-corrected chi connectivity index (χ2v) is 11.8. The number of amides is 1. The molecule has 222 valence electrons.